The van der Waals surface area contributed by atoms with Crippen LogP contribution in [0.15, 0.2) is 54.6 Å². The standard InChI is InChI=1S/C25H32N2O4/c1-25(2,3)31-24(30)27-15-13-18(14-16-27)17-22(19-7-5-4-6-8-19)26-23(29)20-9-11-21(28)12-10-20/h4-12,18,22,28H,13-17H2,1-3H3,(H,26,29). The predicted octanol–water partition coefficient (Wildman–Crippen LogP) is 4.90. The summed E-state index contributed by atoms with van der Waals surface area (Å²) in [7, 11) is 0. The number of ether oxygens (including phenoxy) is 1. The highest BCUT2D eigenvalue weighted by Gasteiger charge is 2.29. The third-order valence-corrected chi connectivity index (χ3v) is 5.47. The van der Waals surface area contributed by atoms with Crippen molar-refractivity contribution in [2.24, 2.45) is 5.92 Å². The van der Waals surface area contributed by atoms with Crippen molar-refractivity contribution in [2.75, 3.05) is 13.1 Å². The number of rotatable bonds is 5. The molecule has 1 fully saturated rings. The highest BCUT2D eigenvalue weighted by Crippen LogP contribution is 2.29. The average molecular weight is 425 g/mol. The summed E-state index contributed by atoms with van der Waals surface area (Å²) in [4.78, 5) is 26.9. The number of hydrogen-bond acceptors (Lipinski definition) is 4. The van der Waals surface area contributed by atoms with Crippen LogP contribution in [0.4, 0.5) is 4.79 Å². The second-order valence-corrected chi connectivity index (χ2v) is 9.13. The van der Waals surface area contributed by atoms with E-state index in [0.717, 1.165) is 24.8 Å². The summed E-state index contributed by atoms with van der Waals surface area (Å²) in [6.07, 6.45) is 2.29. The molecular formula is C25H32N2O4. The molecule has 0 aliphatic carbocycles. The van der Waals surface area contributed by atoms with Gasteiger partial charge in [0.15, 0.2) is 0 Å². The summed E-state index contributed by atoms with van der Waals surface area (Å²) in [5.41, 5.74) is 1.08. The number of nitrogens with zero attached hydrogens (tertiary/aromatic N) is 1. The number of phenols is 1. The van der Waals surface area contributed by atoms with Gasteiger partial charge in [-0.15, -0.1) is 0 Å². The van der Waals surface area contributed by atoms with Crippen LogP contribution < -0.4 is 5.32 Å². The number of carbonyl (C=O) groups is 2. The molecule has 2 amide bonds. The lowest BCUT2D eigenvalue weighted by atomic mass is 9.87. The van der Waals surface area contributed by atoms with E-state index in [0.29, 0.717) is 24.6 Å². The number of likely N-dealkylation sites (tertiary alicyclic amines) is 1. The molecule has 1 saturated heterocycles. The second-order valence-electron chi connectivity index (χ2n) is 9.13. The van der Waals surface area contributed by atoms with E-state index in [1.54, 1.807) is 17.0 Å². The summed E-state index contributed by atoms with van der Waals surface area (Å²) in [6, 6.07) is 16.1. The quantitative estimate of drug-likeness (QED) is 0.715. The molecule has 166 valence electrons. The minimum absolute atomic E-state index is 0.124. The molecular weight excluding hydrogens is 392 g/mol. The number of hydrogen-bond donors (Lipinski definition) is 2. The largest absolute Gasteiger partial charge is 0.508 e. The third-order valence-electron chi connectivity index (χ3n) is 5.47. The molecule has 3 rings (SSSR count). The molecule has 0 radical (unpaired) electrons. The van der Waals surface area contributed by atoms with Gasteiger partial charge >= 0.3 is 6.09 Å². The molecule has 0 saturated carbocycles. The fourth-order valence-electron chi connectivity index (χ4n) is 3.83. The van der Waals surface area contributed by atoms with E-state index in [1.165, 1.54) is 12.1 Å². The zero-order chi connectivity index (χ0) is 22.4. The van der Waals surface area contributed by atoms with Crippen molar-refractivity contribution >= 4 is 12.0 Å². The lowest BCUT2D eigenvalue weighted by Gasteiger charge is -2.35. The van der Waals surface area contributed by atoms with Gasteiger partial charge in [-0.05, 0) is 75.8 Å². The van der Waals surface area contributed by atoms with Crippen LogP contribution in [0.1, 0.15) is 62.0 Å². The Kier molecular flexibility index (Phi) is 7.21. The molecule has 6 heteroatoms. The molecule has 0 spiro atoms. The molecule has 0 bridgehead atoms. The van der Waals surface area contributed by atoms with Crippen LogP contribution in [0.3, 0.4) is 0 Å². The maximum atomic E-state index is 12.8. The minimum Gasteiger partial charge on any atom is -0.508 e. The Morgan fingerprint density at radius 1 is 1.06 bits per heavy atom. The van der Waals surface area contributed by atoms with Gasteiger partial charge in [-0.3, -0.25) is 4.79 Å². The Balaban J connectivity index is 1.63. The van der Waals surface area contributed by atoms with E-state index in [9.17, 15) is 14.7 Å². The van der Waals surface area contributed by atoms with Crippen molar-refractivity contribution in [2.45, 2.75) is 51.7 Å². The monoisotopic (exact) mass is 424 g/mol. The highest BCUT2D eigenvalue weighted by atomic mass is 16.6. The normalized spacial score (nSPS) is 15.9. The first-order valence-electron chi connectivity index (χ1n) is 10.8. The van der Waals surface area contributed by atoms with Gasteiger partial charge in [0, 0.05) is 18.7 Å². The Hall–Kier alpha value is -3.02. The van der Waals surface area contributed by atoms with Crippen LogP contribution in [0, 0.1) is 5.92 Å². The van der Waals surface area contributed by atoms with E-state index in [-0.39, 0.29) is 23.8 Å². The van der Waals surface area contributed by atoms with Crippen LogP contribution in [-0.2, 0) is 4.74 Å². The van der Waals surface area contributed by atoms with Crippen molar-refractivity contribution in [3.05, 3.63) is 65.7 Å². The number of aromatic hydroxyl groups is 1. The first kappa shape index (κ1) is 22.7. The van der Waals surface area contributed by atoms with Gasteiger partial charge < -0.3 is 20.1 Å². The maximum Gasteiger partial charge on any atom is 0.410 e. The van der Waals surface area contributed by atoms with Crippen LogP contribution in [0.5, 0.6) is 5.75 Å². The van der Waals surface area contributed by atoms with Crippen molar-refractivity contribution in [1.29, 1.82) is 0 Å². The van der Waals surface area contributed by atoms with E-state index < -0.39 is 5.60 Å². The summed E-state index contributed by atoms with van der Waals surface area (Å²) >= 11 is 0. The Bertz CT molecular complexity index is 867. The smallest absolute Gasteiger partial charge is 0.410 e. The molecule has 1 unspecified atom stereocenters. The molecule has 2 aromatic carbocycles. The van der Waals surface area contributed by atoms with Crippen LogP contribution in [0.2, 0.25) is 0 Å². The molecule has 31 heavy (non-hydrogen) atoms. The molecule has 1 aliphatic heterocycles. The average Bonchev–Trinajstić information content (AvgIpc) is 2.73. The van der Waals surface area contributed by atoms with Crippen molar-refractivity contribution in [3.63, 3.8) is 0 Å². The van der Waals surface area contributed by atoms with Crippen LogP contribution in [0.25, 0.3) is 0 Å². The number of carbonyl (C=O) groups excluding carboxylic acids is 2. The predicted molar refractivity (Wildman–Crippen MR) is 120 cm³/mol. The molecule has 2 N–H and O–H groups in total. The number of amides is 2. The minimum atomic E-state index is -0.495. The third kappa shape index (κ3) is 6.74. The Morgan fingerprint density at radius 3 is 2.26 bits per heavy atom. The fraction of sp³-hybridized carbons (Fsp3) is 0.440. The molecule has 2 aromatic rings. The molecule has 0 aromatic heterocycles. The number of benzene rings is 2. The van der Waals surface area contributed by atoms with E-state index >= 15 is 0 Å². The van der Waals surface area contributed by atoms with Gasteiger partial charge in [-0.1, -0.05) is 30.3 Å². The maximum absolute atomic E-state index is 12.8. The van der Waals surface area contributed by atoms with Gasteiger partial charge in [0.05, 0.1) is 6.04 Å². The SMILES string of the molecule is CC(C)(C)OC(=O)N1CCC(CC(NC(=O)c2ccc(O)cc2)c2ccccc2)CC1. The molecule has 1 heterocycles. The van der Waals surface area contributed by atoms with E-state index in [1.807, 2.05) is 51.1 Å². The molecule has 6 nitrogen and oxygen atoms in total. The lowest BCUT2D eigenvalue weighted by Crippen LogP contribution is -2.42. The van der Waals surface area contributed by atoms with Gasteiger partial charge in [0.1, 0.15) is 11.4 Å². The summed E-state index contributed by atoms with van der Waals surface area (Å²) in [5.74, 6) is 0.358. The fourth-order valence-corrected chi connectivity index (χ4v) is 3.83. The zero-order valence-electron chi connectivity index (χ0n) is 18.5. The van der Waals surface area contributed by atoms with Crippen molar-refractivity contribution in [3.8, 4) is 5.75 Å². The topological polar surface area (TPSA) is 78.9 Å². The second kappa shape index (κ2) is 9.86. The lowest BCUT2D eigenvalue weighted by molar-refractivity contribution is 0.0178. The number of phenolic OH excluding ortho intramolecular Hbond substituents is 1. The van der Waals surface area contributed by atoms with Gasteiger partial charge in [0.25, 0.3) is 5.91 Å². The summed E-state index contributed by atoms with van der Waals surface area (Å²) in [5, 5.41) is 12.6. The van der Waals surface area contributed by atoms with Crippen LogP contribution >= 0.6 is 0 Å². The molecule has 1 atom stereocenters. The van der Waals surface area contributed by atoms with E-state index in [2.05, 4.69) is 5.32 Å². The van der Waals surface area contributed by atoms with Gasteiger partial charge in [0.2, 0.25) is 0 Å². The van der Waals surface area contributed by atoms with Crippen molar-refractivity contribution < 1.29 is 19.4 Å². The first-order valence-corrected chi connectivity index (χ1v) is 10.8. The molecule has 1 aliphatic rings. The number of piperidine rings is 1. The van der Waals surface area contributed by atoms with E-state index in [4.69, 9.17) is 4.74 Å². The Morgan fingerprint density at radius 2 is 1.68 bits per heavy atom. The Labute approximate surface area is 184 Å². The highest BCUT2D eigenvalue weighted by molar-refractivity contribution is 5.94. The van der Waals surface area contributed by atoms with Crippen LogP contribution in [-0.4, -0.2) is 40.7 Å². The van der Waals surface area contributed by atoms with Crippen molar-refractivity contribution in [1.82, 2.24) is 10.2 Å². The summed E-state index contributed by atoms with van der Waals surface area (Å²) in [6.45, 7) is 6.94. The summed E-state index contributed by atoms with van der Waals surface area (Å²) < 4.78 is 5.49. The zero-order valence-corrected chi connectivity index (χ0v) is 18.5. The first-order chi connectivity index (χ1) is 14.7. The number of nitrogens with one attached hydrogen (secondary N) is 1. The van der Waals surface area contributed by atoms with Gasteiger partial charge in [-0.25, -0.2) is 4.79 Å². The van der Waals surface area contributed by atoms with Gasteiger partial charge in [-0.2, -0.15) is 0 Å².